The van der Waals surface area contributed by atoms with E-state index in [-0.39, 0.29) is 28.8 Å². The molecule has 2 heterocycles. The van der Waals surface area contributed by atoms with Crippen LogP contribution in [0.15, 0.2) is 30.5 Å². The Labute approximate surface area is 156 Å². The molecule has 0 aliphatic carbocycles. The molecule has 5 nitrogen and oxygen atoms in total. The molecule has 1 aromatic carbocycles. The number of aromatic hydroxyl groups is 1. The van der Waals surface area contributed by atoms with Crippen LogP contribution in [0, 0.1) is 5.95 Å². The van der Waals surface area contributed by atoms with Crippen LogP contribution in [0.3, 0.4) is 0 Å². The second-order valence-corrected chi connectivity index (χ2v) is 6.86. The zero-order chi connectivity index (χ0) is 18.7. The van der Waals surface area contributed by atoms with Crippen LogP contribution in [-0.4, -0.2) is 22.0 Å². The van der Waals surface area contributed by atoms with Gasteiger partial charge in [-0.2, -0.15) is 4.39 Å². The summed E-state index contributed by atoms with van der Waals surface area (Å²) in [4.78, 5) is 15.9. The van der Waals surface area contributed by atoms with E-state index in [1.54, 1.807) is 6.07 Å². The molecule has 2 atom stereocenters. The molecule has 0 saturated carbocycles. The highest BCUT2D eigenvalue weighted by atomic mass is 35.5. The van der Waals surface area contributed by atoms with Gasteiger partial charge >= 0.3 is 0 Å². The van der Waals surface area contributed by atoms with Crippen molar-refractivity contribution in [2.24, 2.45) is 0 Å². The van der Waals surface area contributed by atoms with Crippen LogP contribution >= 0.6 is 11.6 Å². The van der Waals surface area contributed by atoms with E-state index in [0.29, 0.717) is 30.5 Å². The Kier molecular flexibility index (Phi) is 5.74. The molecule has 2 aromatic rings. The molecular formula is C19H21ClFN3O2. The Morgan fingerprint density at radius 2 is 2.27 bits per heavy atom. The zero-order valence-corrected chi connectivity index (χ0v) is 15.2. The van der Waals surface area contributed by atoms with Gasteiger partial charge in [0.05, 0.1) is 5.02 Å². The van der Waals surface area contributed by atoms with Gasteiger partial charge in [0.1, 0.15) is 5.75 Å². The summed E-state index contributed by atoms with van der Waals surface area (Å²) in [6.45, 7) is 2.05. The van der Waals surface area contributed by atoms with Gasteiger partial charge in [-0.1, -0.05) is 18.5 Å². The highest BCUT2D eigenvalue weighted by Gasteiger charge is 2.27. The first kappa shape index (κ1) is 18.6. The minimum Gasteiger partial charge on any atom is -0.506 e. The van der Waals surface area contributed by atoms with Gasteiger partial charge < -0.3 is 15.7 Å². The lowest BCUT2D eigenvalue weighted by atomic mass is 9.88. The number of nitrogens with one attached hydrogen (secondary N) is 2. The van der Waals surface area contributed by atoms with Crippen LogP contribution in [0.5, 0.6) is 5.75 Å². The van der Waals surface area contributed by atoms with Crippen molar-refractivity contribution in [1.82, 2.24) is 10.3 Å². The second kappa shape index (κ2) is 8.01. The van der Waals surface area contributed by atoms with Crippen LogP contribution < -0.4 is 10.6 Å². The molecule has 1 amide bonds. The van der Waals surface area contributed by atoms with Gasteiger partial charge in [-0.15, -0.1) is 0 Å². The Bertz CT molecular complexity index is 815. The summed E-state index contributed by atoms with van der Waals surface area (Å²) in [7, 11) is 0. The Morgan fingerprint density at radius 3 is 3.00 bits per heavy atom. The van der Waals surface area contributed by atoms with Gasteiger partial charge in [0.25, 0.3) is 0 Å². The number of amides is 1. The van der Waals surface area contributed by atoms with E-state index in [0.717, 1.165) is 12.0 Å². The molecule has 0 saturated heterocycles. The fourth-order valence-electron chi connectivity index (χ4n) is 3.33. The average Bonchev–Trinajstić information content (AvgIpc) is 2.63. The summed E-state index contributed by atoms with van der Waals surface area (Å²) < 4.78 is 14.1. The Morgan fingerprint density at radius 1 is 1.46 bits per heavy atom. The number of hydrogen-bond acceptors (Lipinski definition) is 4. The molecule has 26 heavy (non-hydrogen) atoms. The second-order valence-electron chi connectivity index (χ2n) is 6.45. The summed E-state index contributed by atoms with van der Waals surface area (Å²) >= 11 is 5.84. The highest BCUT2D eigenvalue weighted by Crippen LogP contribution is 2.30. The van der Waals surface area contributed by atoms with Crippen LogP contribution in [0.1, 0.15) is 43.4 Å². The van der Waals surface area contributed by atoms with Crippen molar-refractivity contribution < 1.29 is 14.3 Å². The zero-order valence-electron chi connectivity index (χ0n) is 14.4. The molecule has 1 aliphatic heterocycles. The van der Waals surface area contributed by atoms with E-state index >= 15 is 0 Å². The molecule has 0 bridgehead atoms. The molecule has 0 spiro atoms. The summed E-state index contributed by atoms with van der Waals surface area (Å²) in [6, 6.07) is 6.46. The maximum absolute atomic E-state index is 14.1. The number of benzene rings is 1. The minimum absolute atomic E-state index is 0.0142. The summed E-state index contributed by atoms with van der Waals surface area (Å²) in [5.74, 6) is -0.606. The fourth-order valence-corrected chi connectivity index (χ4v) is 3.51. The number of rotatable bonds is 5. The van der Waals surface area contributed by atoms with E-state index in [1.807, 2.05) is 13.0 Å². The molecule has 1 aromatic heterocycles. The molecular weight excluding hydrogens is 357 g/mol. The number of nitrogens with zero attached hydrogens (tertiary/aromatic N) is 1. The number of phenols is 1. The first-order chi connectivity index (χ1) is 12.5. The lowest BCUT2D eigenvalue weighted by Gasteiger charge is -2.32. The smallest absolute Gasteiger partial charge is 0.224 e. The topological polar surface area (TPSA) is 74.2 Å². The number of pyridine rings is 1. The number of hydrogen-bond donors (Lipinski definition) is 3. The third kappa shape index (κ3) is 4.14. The number of carbonyl (C=O) groups excluding carboxylic acids is 1. The van der Waals surface area contributed by atoms with Crippen molar-refractivity contribution in [1.29, 1.82) is 0 Å². The number of fused-ring (bicyclic) bond motifs is 1. The van der Waals surface area contributed by atoms with Crippen molar-refractivity contribution in [2.75, 3.05) is 5.32 Å². The van der Waals surface area contributed by atoms with Gasteiger partial charge in [-0.3, -0.25) is 4.79 Å². The van der Waals surface area contributed by atoms with E-state index in [2.05, 4.69) is 15.6 Å². The van der Waals surface area contributed by atoms with Crippen LogP contribution in [0.25, 0.3) is 0 Å². The monoisotopic (exact) mass is 377 g/mol. The SMILES string of the molecule is CCC1N[C@@H](CCC(=O)Nc2ccc(O)c(Cl)c2)Cc2c1ccnc2F. The first-order valence-corrected chi connectivity index (χ1v) is 9.03. The predicted octanol–water partition coefficient (Wildman–Crippen LogP) is 3.96. The third-order valence-corrected chi connectivity index (χ3v) is 4.96. The average molecular weight is 378 g/mol. The summed E-state index contributed by atoms with van der Waals surface area (Å²) in [5.41, 5.74) is 2.13. The molecule has 1 aliphatic rings. The predicted molar refractivity (Wildman–Crippen MR) is 98.8 cm³/mol. The maximum atomic E-state index is 14.1. The van der Waals surface area contributed by atoms with Crippen molar-refractivity contribution >= 4 is 23.2 Å². The summed E-state index contributed by atoms with van der Waals surface area (Å²) in [5, 5.41) is 15.8. The quantitative estimate of drug-likeness (QED) is 0.544. The number of anilines is 1. The number of carbonyl (C=O) groups is 1. The fraction of sp³-hybridized carbons (Fsp3) is 0.368. The number of phenolic OH excluding ortho intramolecular Hbond substituents is 1. The van der Waals surface area contributed by atoms with E-state index in [4.69, 9.17) is 11.6 Å². The Balaban J connectivity index is 1.60. The van der Waals surface area contributed by atoms with Gasteiger partial charge in [0.15, 0.2) is 0 Å². The van der Waals surface area contributed by atoms with Crippen molar-refractivity contribution in [3.63, 3.8) is 0 Å². The number of aromatic nitrogens is 1. The summed E-state index contributed by atoms with van der Waals surface area (Å²) in [6.07, 6.45) is 3.73. The Hall–Kier alpha value is -2.18. The highest BCUT2D eigenvalue weighted by molar-refractivity contribution is 6.32. The van der Waals surface area contributed by atoms with Crippen LogP contribution in [0.2, 0.25) is 5.02 Å². The largest absolute Gasteiger partial charge is 0.506 e. The van der Waals surface area contributed by atoms with Gasteiger partial charge in [0.2, 0.25) is 11.9 Å². The van der Waals surface area contributed by atoms with E-state index in [9.17, 15) is 14.3 Å². The van der Waals surface area contributed by atoms with Gasteiger partial charge in [-0.05, 0) is 49.1 Å². The van der Waals surface area contributed by atoms with Gasteiger partial charge in [-0.25, -0.2) is 4.98 Å². The minimum atomic E-state index is -0.421. The number of halogens is 2. The van der Waals surface area contributed by atoms with Crippen molar-refractivity contribution in [2.45, 2.75) is 44.7 Å². The molecule has 0 radical (unpaired) electrons. The normalized spacial score (nSPS) is 19.0. The molecule has 0 fully saturated rings. The molecule has 3 N–H and O–H groups in total. The molecule has 3 rings (SSSR count). The third-order valence-electron chi connectivity index (χ3n) is 4.66. The van der Waals surface area contributed by atoms with E-state index in [1.165, 1.54) is 18.3 Å². The van der Waals surface area contributed by atoms with Crippen LogP contribution in [0.4, 0.5) is 10.1 Å². The first-order valence-electron chi connectivity index (χ1n) is 8.65. The molecule has 138 valence electrons. The lowest BCUT2D eigenvalue weighted by Crippen LogP contribution is -2.40. The maximum Gasteiger partial charge on any atom is 0.224 e. The standard InChI is InChI=1S/C19H21ClFN3O2/c1-2-16-13-7-8-22-19(21)14(13)9-11(23-16)4-6-18(26)24-12-3-5-17(25)15(20)10-12/h3,5,7-8,10-11,16,23,25H,2,4,6,9H2,1H3,(H,24,26)/t11-,16?/m0/s1. The van der Waals surface area contributed by atoms with E-state index < -0.39 is 5.95 Å². The van der Waals surface area contributed by atoms with Crippen molar-refractivity contribution in [3.8, 4) is 5.75 Å². The lowest BCUT2D eigenvalue weighted by molar-refractivity contribution is -0.116. The van der Waals surface area contributed by atoms with Gasteiger partial charge in [0, 0.05) is 36.0 Å². The van der Waals surface area contributed by atoms with Crippen LogP contribution in [-0.2, 0) is 11.2 Å². The molecule has 1 unspecified atom stereocenters. The molecule has 7 heteroatoms. The van der Waals surface area contributed by atoms with Crippen molar-refractivity contribution in [3.05, 3.63) is 52.6 Å².